The summed E-state index contributed by atoms with van der Waals surface area (Å²) in [6, 6.07) is 19.6. The smallest absolute Gasteiger partial charge is 0.410 e. The first-order valence-corrected chi connectivity index (χ1v) is 36.5. The number of aliphatic carboxylic acids is 1. The van der Waals surface area contributed by atoms with Crippen molar-refractivity contribution in [1.82, 2.24) is 61.2 Å². The van der Waals surface area contributed by atoms with Crippen LogP contribution in [0.2, 0.25) is 0 Å². The number of esters is 1. The Morgan fingerprint density at radius 3 is 1.48 bits per heavy atom. The number of benzene rings is 5. The third-order valence-corrected chi connectivity index (χ3v) is 19.3. The van der Waals surface area contributed by atoms with Crippen LogP contribution in [0.1, 0.15) is 138 Å². The van der Waals surface area contributed by atoms with Gasteiger partial charge in [0.1, 0.15) is 83.6 Å². The molecule has 1 aromatic heterocycles. The van der Waals surface area contributed by atoms with Crippen LogP contribution >= 0.6 is 0 Å². The highest BCUT2D eigenvalue weighted by atomic mass is 16.6. The third kappa shape index (κ3) is 22.2. The van der Waals surface area contributed by atoms with Crippen molar-refractivity contribution >= 4 is 87.0 Å². The Balaban J connectivity index is 0.980. The fourth-order valence-electron chi connectivity index (χ4n) is 12.9. The predicted octanol–water partition coefficient (Wildman–Crippen LogP) is 7.90. The number of likely N-dealkylation sites (N-methyl/N-ethyl adjacent to an activating group) is 2. The van der Waals surface area contributed by atoms with Gasteiger partial charge in [0.25, 0.3) is 0 Å². The van der Waals surface area contributed by atoms with Crippen LogP contribution < -0.4 is 31.3 Å². The van der Waals surface area contributed by atoms with E-state index in [4.69, 9.17) is 18.9 Å². The number of carboxylic acids is 1. The summed E-state index contributed by atoms with van der Waals surface area (Å²) >= 11 is 0. The molecule has 0 bridgehead atoms. The van der Waals surface area contributed by atoms with Crippen molar-refractivity contribution in [1.29, 1.82) is 0 Å². The topological polar surface area (TPSA) is 398 Å². The summed E-state index contributed by atoms with van der Waals surface area (Å²) in [4.78, 5) is 163. The zero-order valence-corrected chi connectivity index (χ0v) is 65.5. The van der Waals surface area contributed by atoms with Gasteiger partial charge in [-0.1, -0.05) is 149 Å². The van der Waals surface area contributed by atoms with E-state index in [1.165, 1.54) is 42.4 Å². The molecule has 31 heteroatoms. The van der Waals surface area contributed by atoms with Crippen LogP contribution in [0.15, 0.2) is 121 Å². The van der Waals surface area contributed by atoms with E-state index in [2.05, 4.69) is 46.9 Å². The number of hydrogen-bond donors (Lipinski definition) is 6. The van der Waals surface area contributed by atoms with Gasteiger partial charge in [0.15, 0.2) is 0 Å². The van der Waals surface area contributed by atoms with E-state index in [0.717, 1.165) is 38.5 Å². The highest BCUT2D eigenvalue weighted by Crippen LogP contribution is 2.33. The summed E-state index contributed by atoms with van der Waals surface area (Å²) < 4.78 is 23.8. The molecule has 2 saturated heterocycles. The van der Waals surface area contributed by atoms with E-state index in [1.54, 1.807) is 126 Å². The van der Waals surface area contributed by atoms with E-state index in [9.17, 15) is 58.6 Å². The number of methoxy groups -OCH3 is 1. The molecule has 11 atom stereocenters. The molecule has 6 N–H and O–H groups in total. The summed E-state index contributed by atoms with van der Waals surface area (Å²) in [5.41, 5.74) is 8.05. The van der Waals surface area contributed by atoms with Crippen molar-refractivity contribution < 1.29 is 76.8 Å². The van der Waals surface area contributed by atoms with Crippen LogP contribution in [0.4, 0.5) is 9.59 Å². The Kier molecular flexibility index (Phi) is 27.1. The van der Waals surface area contributed by atoms with Crippen LogP contribution in [0.5, 0.6) is 5.75 Å². The zero-order valence-electron chi connectivity index (χ0n) is 65.5. The molecule has 9 amide bonds. The molecular formula is C79H103N15O16. The lowest BCUT2D eigenvalue weighted by molar-refractivity contribution is -0.146. The molecule has 0 aliphatic carbocycles. The monoisotopic (exact) mass is 1520 g/mol. The molecule has 2 aliphatic rings. The maximum absolute atomic E-state index is 15.1. The molecule has 6 aromatic rings. The minimum Gasteiger partial charge on any atom is -0.487 e. The van der Waals surface area contributed by atoms with E-state index in [-0.39, 0.29) is 51.8 Å². The number of ether oxygens (including phenoxy) is 4. The lowest BCUT2D eigenvalue weighted by Crippen LogP contribution is -2.61. The molecule has 110 heavy (non-hydrogen) atoms. The molecule has 3 heterocycles. The number of likely N-dealkylation sites (tertiary alicyclic amines) is 2. The number of azide groups is 1. The van der Waals surface area contributed by atoms with Crippen molar-refractivity contribution in [3.05, 3.63) is 148 Å². The quantitative estimate of drug-likeness (QED) is 0.00937. The second kappa shape index (κ2) is 35.3. The Bertz CT molecular complexity index is 4440. The largest absolute Gasteiger partial charge is 0.487 e. The van der Waals surface area contributed by atoms with E-state index in [0.29, 0.717) is 28.1 Å². The fourth-order valence-corrected chi connectivity index (χ4v) is 12.9. The van der Waals surface area contributed by atoms with Crippen LogP contribution in [-0.4, -0.2) is 211 Å². The number of fused-ring (bicyclic) bond motifs is 2. The lowest BCUT2D eigenvalue weighted by atomic mass is 9.85. The maximum atomic E-state index is 15.1. The summed E-state index contributed by atoms with van der Waals surface area (Å²) in [5.74, 6) is -6.82. The summed E-state index contributed by atoms with van der Waals surface area (Å²) in [7, 11) is 3.95. The first-order chi connectivity index (χ1) is 51.5. The number of carbonyl (C=O) groups excluding carboxylic acids is 10. The number of carbonyl (C=O) groups is 11. The molecule has 0 radical (unpaired) electrons. The Morgan fingerprint density at radius 1 is 0.573 bits per heavy atom. The molecule has 0 saturated carbocycles. The van der Waals surface area contributed by atoms with Gasteiger partial charge in [0.2, 0.25) is 41.4 Å². The van der Waals surface area contributed by atoms with Gasteiger partial charge in [-0.05, 0) is 129 Å². The number of nitrogens with zero attached hydrogens (tertiary/aromatic N) is 10. The number of carboxylic acid groups (broad SMARTS) is 1. The van der Waals surface area contributed by atoms with Crippen LogP contribution in [0, 0.1) is 10.8 Å². The van der Waals surface area contributed by atoms with Gasteiger partial charge in [-0.2, -0.15) is 0 Å². The van der Waals surface area contributed by atoms with E-state index < -0.39 is 154 Å². The average Bonchev–Trinajstić information content (AvgIpc) is 1.61. The number of rotatable bonds is 27. The van der Waals surface area contributed by atoms with Crippen molar-refractivity contribution in [2.75, 3.05) is 34.3 Å². The maximum Gasteiger partial charge on any atom is 0.410 e. The molecule has 2 aliphatic heterocycles. The highest BCUT2D eigenvalue weighted by molar-refractivity contribution is 5.98. The van der Waals surface area contributed by atoms with Crippen LogP contribution in [0.3, 0.4) is 0 Å². The summed E-state index contributed by atoms with van der Waals surface area (Å²) in [6.07, 6.45) is -0.440. The summed E-state index contributed by atoms with van der Waals surface area (Å²) in [5, 5.41) is 40.6. The molecule has 8 rings (SSSR count). The van der Waals surface area contributed by atoms with Gasteiger partial charge in [-0.15, -0.1) is 5.10 Å². The third-order valence-electron chi connectivity index (χ3n) is 19.3. The van der Waals surface area contributed by atoms with Gasteiger partial charge in [0, 0.05) is 57.8 Å². The number of nitrogens with one attached hydrogen (secondary N) is 5. The van der Waals surface area contributed by atoms with Crippen molar-refractivity contribution in [3.63, 3.8) is 0 Å². The van der Waals surface area contributed by atoms with E-state index >= 15 is 4.79 Å². The fraction of sp³-hybridized carbons (Fsp3) is 0.506. The number of amides is 9. The molecule has 31 nitrogen and oxygen atoms in total. The molecular weight excluding hydrogens is 1410 g/mol. The van der Waals surface area contributed by atoms with Gasteiger partial charge in [-0.3, -0.25) is 43.4 Å². The van der Waals surface area contributed by atoms with Crippen LogP contribution in [-0.2, 0) is 83.2 Å². The lowest BCUT2D eigenvalue weighted by Gasteiger charge is -2.37. The van der Waals surface area contributed by atoms with Crippen molar-refractivity contribution in [3.8, 4) is 5.75 Å². The Labute approximate surface area is 639 Å². The Hall–Kier alpha value is -11.4. The van der Waals surface area contributed by atoms with Gasteiger partial charge in [0.05, 0.1) is 25.4 Å². The van der Waals surface area contributed by atoms with Gasteiger partial charge in [-0.25, -0.2) is 23.9 Å². The molecule has 5 aromatic carbocycles. The van der Waals surface area contributed by atoms with Crippen molar-refractivity contribution in [2.45, 2.75) is 213 Å². The summed E-state index contributed by atoms with van der Waals surface area (Å²) in [6.45, 7) is 22.9. The standard InChI is InChI=1S/C79H103N15O16/c1-45(90(15)74(105)109-78(9,10)11)65(95)84-63(76(3,4)5)70(100)92-41-54(86-88-80)39-61(92)68(98)81-58(37-48-26-30-50-22-18-20-24-52(50)34-48)67(97)83-60(73(104)107-17)36-47-28-32-57(33-29-47)108-44-55-42-94(89-87-55)56-40-62(69(99)82-59(72(102)103)38-49-27-31-51-23-19-21-25-53(51)35-49)93(43-56)71(101)64(77(6,7)8)85-66(96)46(2)91(16)75(106)110-79(12,13)14/h18-35,42,45-46,54,56,58-64H,36-41,43-44H2,1-17H3,(H,81,98)(H,82,99)(H,83,97)(H,84,95)(H,85,96)(H,102,103)/t45-,46-,54-,56-,58?,59-,60-,61-,62-,63+,64+/m0/s1. The molecule has 2 fully saturated rings. The van der Waals surface area contributed by atoms with Gasteiger partial charge >= 0.3 is 24.1 Å². The van der Waals surface area contributed by atoms with Gasteiger partial charge < -0.3 is 60.4 Å². The normalized spacial score (nSPS) is 17.8. The SMILES string of the molecule is COC(=O)[C@H](Cc1ccc(OCc2cn([C@H]3C[C@@H](C(=O)N[C@@H](Cc4ccc5ccccc5c4)C(=O)O)N(C(=O)[C@@H](NC(=O)[C@H](C)N(C)C(=O)OC(C)(C)C)C(C)(C)C)C3)nn2)cc1)NC(=O)C(Cc1ccc2ccccc2c1)NC(=O)[C@@H]1C[C@H](N=[N+]=[N-])CN1C(=O)[C@@H](NC(=O)[C@H](C)N(C)C(=O)OC(C)(C)C)C(C)(C)C. The first kappa shape index (κ1) is 84.3. The minimum absolute atomic E-state index is 0.0514. The van der Waals surface area contributed by atoms with E-state index in [1.807, 2.05) is 72.8 Å². The van der Waals surface area contributed by atoms with Crippen molar-refractivity contribution in [2.24, 2.45) is 15.9 Å². The second-order valence-corrected chi connectivity index (χ2v) is 32.3. The number of hydrogen-bond acceptors (Lipinski definition) is 18. The average molecular weight is 1520 g/mol. The van der Waals surface area contributed by atoms with Crippen LogP contribution in [0.25, 0.3) is 32.0 Å². The predicted molar refractivity (Wildman–Crippen MR) is 407 cm³/mol. The molecule has 0 spiro atoms. The minimum atomic E-state index is -1.41. The zero-order chi connectivity index (χ0) is 81.1. The first-order valence-electron chi connectivity index (χ1n) is 36.5. The second-order valence-electron chi connectivity index (χ2n) is 32.3. The number of aromatic nitrogens is 3. The molecule has 590 valence electrons. The highest BCUT2D eigenvalue weighted by Gasteiger charge is 2.49. The Morgan fingerprint density at radius 2 is 1.02 bits per heavy atom. The molecule has 1 unspecified atom stereocenters.